The van der Waals surface area contributed by atoms with Crippen LogP contribution in [-0.4, -0.2) is 82.7 Å². The number of pyridine rings is 1. The Morgan fingerprint density at radius 3 is 2.50 bits per heavy atom. The Kier molecular flexibility index (Phi) is 8.32. The van der Waals surface area contributed by atoms with Crippen molar-refractivity contribution in [3.63, 3.8) is 0 Å². The maximum atomic E-state index is 14.1. The maximum Gasteiger partial charge on any atom is 0.410 e. The minimum absolute atomic E-state index is 0.116. The number of carbonyl (C=O) groups is 1. The van der Waals surface area contributed by atoms with Crippen molar-refractivity contribution in [2.24, 2.45) is 0 Å². The van der Waals surface area contributed by atoms with Gasteiger partial charge in [0.05, 0.1) is 36.2 Å². The molecule has 5 heterocycles. The quantitative estimate of drug-likeness (QED) is 0.247. The Morgan fingerprint density at radius 2 is 1.84 bits per heavy atom. The van der Waals surface area contributed by atoms with Crippen molar-refractivity contribution >= 4 is 27.9 Å². The molecule has 0 spiro atoms. The van der Waals surface area contributed by atoms with Crippen molar-refractivity contribution < 1.29 is 23.4 Å². The highest BCUT2D eigenvalue weighted by Gasteiger charge is 2.30. The van der Waals surface area contributed by atoms with Crippen molar-refractivity contribution in [3.8, 4) is 23.0 Å². The zero-order valence-electron chi connectivity index (χ0n) is 26.4. The molecule has 1 amide bonds. The highest BCUT2D eigenvalue weighted by Crippen LogP contribution is 2.38. The van der Waals surface area contributed by atoms with Crippen molar-refractivity contribution in [2.45, 2.75) is 71.4 Å². The number of methoxy groups -OCH3 is 1. The lowest BCUT2D eigenvalue weighted by Gasteiger charge is -2.33. The van der Waals surface area contributed by atoms with E-state index in [4.69, 9.17) is 23.6 Å². The van der Waals surface area contributed by atoms with E-state index in [1.165, 1.54) is 12.8 Å². The predicted octanol–water partition coefficient (Wildman–Crippen LogP) is 5.89. The molecule has 0 unspecified atom stereocenters. The fraction of sp³-hybridized carbons (Fsp3) is 0.545. The fourth-order valence-electron chi connectivity index (χ4n) is 6.27. The summed E-state index contributed by atoms with van der Waals surface area (Å²) in [5, 5.41) is 4.64. The number of nitrogens with zero attached hydrogens (tertiary/aromatic N) is 4. The topological polar surface area (TPSA) is 115 Å². The number of aromatic amines is 1. The minimum Gasteiger partial charge on any atom is -0.493 e. The largest absolute Gasteiger partial charge is 0.493 e. The first-order chi connectivity index (χ1) is 21.1. The van der Waals surface area contributed by atoms with Gasteiger partial charge in [-0.1, -0.05) is 0 Å². The van der Waals surface area contributed by atoms with Gasteiger partial charge in [0.1, 0.15) is 17.1 Å². The van der Waals surface area contributed by atoms with Gasteiger partial charge in [-0.15, -0.1) is 0 Å². The molecule has 0 bridgehead atoms. The monoisotopic (exact) mass is 605 g/mol. The molecule has 6 rings (SSSR count). The number of benzene rings is 1. The van der Waals surface area contributed by atoms with E-state index in [-0.39, 0.29) is 17.7 Å². The van der Waals surface area contributed by atoms with E-state index < -0.39 is 5.60 Å². The van der Waals surface area contributed by atoms with Gasteiger partial charge in [-0.3, -0.25) is 9.89 Å². The molecule has 11 nitrogen and oxygen atoms in total. The summed E-state index contributed by atoms with van der Waals surface area (Å²) in [5.74, 6) is 2.47. The molecule has 2 aliphatic heterocycles. The normalized spacial score (nSPS) is 16.7. The number of fused-ring (bicyclic) bond motifs is 3. The van der Waals surface area contributed by atoms with Crippen LogP contribution in [-0.2, 0) is 4.74 Å². The van der Waals surface area contributed by atoms with Gasteiger partial charge in [-0.05, 0) is 91.1 Å². The number of hydrogen-bond donors (Lipinski definition) is 1. The van der Waals surface area contributed by atoms with Crippen LogP contribution >= 0.6 is 0 Å². The van der Waals surface area contributed by atoms with E-state index in [1.54, 1.807) is 16.7 Å². The van der Waals surface area contributed by atoms with E-state index in [2.05, 4.69) is 10.00 Å². The summed E-state index contributed by atoms with van der Waals surface area (Å²) in [4.78, 5) is 35.8. The third-order valence-corrected chi connectivity index (χ3v) is 8.47. The van der Waals surface area contributed by atoms with Crippen LogP contribution in [0.5, 0.6) is 11.5 Å². The molecule has 4 aromatic rings. The van der Waals surface area contributed by atoms with Crippen LogP contribution in [0.4, 0.5) is 4.79 Å². The Hall–Kier alpha value is -3.99. The first-order valence-corrected chi connectivity index (χ1v) is 15.7. The number of amides is 1. The molecule has 2 fully saturated rings. The molecule has 44 heavy (non-hydrogen) atoms. The van der Waals surface area contributed by atoms with Gasteiger partial charge in [-0.2, -0.15) is 0 Å². The Balaban J connectivity index is 1.34. The average molecular weight is 606 g/mol. The zero-order chi connectivity index (χ0) is 31.0. The predicted molar refractivity (Wildman–Crippen MR) is 169 cm³/mol. The van der Waals surface area contributed by atoms with Gasteiger partial charge in [-0.25, -0.2) is 14.5 Å². The molecular weight excluding hydrogens is 562 g/mol. The van der Waals surface area contributed by atoms with E-state index in [9.17, 15) is 9.59 Å². The number of hydrogen-bond acceptors (Lipinski definition) is 8. The van der Waals surface area contributed by atoms with Crippen molar-refractivity contribution in [1.29, 1.82) is 0 Å². The number of ether oxygens (including phenoxy) is 3. The summed E-state index contributed by atoms with van der Waals surface area (Å²) in [7, 11) is 1.62. The Labute approximate surface area is 257 Å². The van der Waals surface area contributed by atoms with Gasteiger partial charge in [0, 0.05) is 31.1 Å². The third-order valence-electron chi connectivity index (χ3n) is 8.47. The first kappa shape index (κ1) is 30.1. The summed E-state index contributed by atoms with van der Waals surface area (Å²) in [6.07, 6.45) is 4.37. The number of likely N-dealkylation sites (tertiary alicyclic amines) is 2. The fourth-order valence-corrected chi connectivity index (χ4v) is 6.27. The van der Waals surface area contributed by atoms with Gasteiger partial charge in [0.15, 0.2) is 17.3 Å². The Morgan fingerprint density at radius 1 is 1.09 bits per heavy atom. The molecular formula is C33H43N5O6. The number of piperidine rings is 1. The lowest BCUT2D eigenvalue weighted by molar-refractivity contribution is 0.0184. The lowest BCUT2D eigenvalue weighted by atomic mass is 10.1. The van der Waals surface area contributed by atoms with Crippen LogP contribution in [0.1, 0.15) is 64.7 Å². The second-order valence-electron chi connectivity index (χ2n) is 12.9. The molecule has 0 saturated carbocycles. The van der Waals surface area contributed by atoms with Crippen molar-refractivity contribution in [1.82, 2.24) is 24.6 Å². The summed E-state index contributed by atoms with van der Waals surface area (Å²) >= 11 is 0. The van der Waals surface area contributed by atoms with Crippen LogP contribution in [0.3, 0.4) is 0 Å². The smallest absolute Gasteiger partial charge is 0.410 e. The van der Waals surface area contributed by atoms with E-state index in [1.807, 2.05) is 52.0 Å². The summed E-state index contributed by atoms with van der Waals surface area (Å²) in [6, 6.07) is 7.38. The number of aryl methyl sites for hydroxylation is 1. The molecule has 1 N–H and O–H groups in total. The Bertz CT molecular complexity index is 1700. The average Bonchev–Trinajstić information content (AvgIpc) is 3.75. The van der Waals surface area contributed by atoms with E-state index >= 15 is 0 Å². The summed E-state index contributed by atoms with van der Waals surface area (Å²) < 4.78 is 25.2. The molecule has 0 atom stereocenters. The summed E-state index contributed by atoms with van der Waals surface area (Å²) in [5.41, 5.74) is 1.09. The van der Waals surface area contributed by atoms with Crippen LogP contribution in [0, 0.1) is 6.92 Å². The zero-order valence-corrected chi connectivity index (χ0v) is 26.4. The van der Waals surface area contributed by atoms with Gasteiger partial charge >= 0.3 is 6.09 Å². The molecule has 1 aromatic carbocycles. The van der Waals surface area contributed by atoms with Crippen LogP contribution in [0.15, 0.2) is 33.5 Å². The molecule has 236 valence electrons. The lowest BCUT2D eigenvalue weighted by Crippen LogP contribution is -2.43. The number of nitrogens with one attached hydrogen (secondary N) is 1. The molecule has 0 aliphatic carbocycles. The maximum absolute atomic E-state index is 14.1. The number of carbonyl (C=O) groups excluding carboxylic acids is 1. The standard InChI is InChI=1S/C33H43N5O6/c1-21-9-10-25(43-21)30-28-29(35-38(31(28)39)22-11-16-37(17-12-22)32(40)44-33(2,3)4)23-19-26(41-5)27(20-24(23)34-30)42-18-8-15-36-13-6-7-14-36/h9-10,19-20,22,35H,6-8,11-18H2,1-5H3. The molecule has 11 heteroatoms. The van der Waals surface area contributed by atoms with Gasteiger partial charge in [0.2, 0.25) is 0 Å². The molecule has 2 aliphatic rings. The van der Waals surface area contributed by atoms with Gasteiger partial charge < -0.3 is 28.4 Å². The number of aromatic nitrogens is 3. The molecule has 2 saturated heterocycles. The number of rotatable bonds is 8. The first-order valence-electron chi connectivity index (χ1n) is 15.7. The highest BCUT2D eigenvalue weighted by atomic mass is 16.6. The van der Waals surface area contributed by atoms with Crippen LogP contribution < -0.4 is 15.0 Å². The number of H-pyrrole nitrogens is 1. The molecule has 0 radical (unpaired) electrons. The van der Waals surface area contributed by atoms with E-state index in [0.29, 0.717) is 71.9 Å². The van der Waals surface area contributed by atoms with Crippen LogP contribution in [0.25, 0.3) is 33.3 Å². The second kappa shape index (κ2) is 12.2. The van der Waals surface area contributed by atoms with Crippen molar-refractivity contribution in [2.75, 3.05) is 46.4 Å². The van der Waals surface area contributed by atoms with Crippen LogP contribution in [0.2, 0.25) is 0 Å². The SMILES string of the molecule is COc1cc2c(cc1OCCCN1CCCC1)nc(-c1ccc(C)o1)c1c(=O)n(C3CCN(C(=O)OC(C)(C)C)CC3)[nH]c12. The third kappa shape index (κ3) is 6.15. The summed E-state index contributed by atoms with van der Waals surface area (Å²) in [6.45, 7) is 12.3. The second-order valence-corrected chi connectivity index (χ2v) is 12.9. The number of furan rings is 1. The van der Waals surface area contributed by atoms with Crippen molar-refractivity contribution in [3.05, 3.63) is 40.4 Å². The molecule has 3 aromatic heterocycles. The minimum atomic E-state index is -0.559. The highest BCUT2D eigenvalue weighted by molar-refractivity contribution is 6.09. The van der Waals surface area contributed by atoms with E-state index in [0.717, 1.165) is 37.2 Å². The van der Waals surface area contributed by atoms with Gasteiger partial charge in [0.25, 0.3) is 5.56 Å².